The summed E-state index contributed by atoms with van der Waals surface area (Å²) < 4.78 is 0. The maximum atomic E-state index is 0. The van der Waals surface area contributed by atoms with Crippen LogP contribution in [0.15, 0.2) is 0 Å². The van der Waals surface area contributed by atoms with Gasteiger partial charge in [-0.2, -0.15) is 0 Å². The standard InChI is InChI=1S/3CH4.4H3N/h3*1H4;4*1H3. The molecule has 12 N–H and O–H groups in total. The van der Waals surface area contributed by atoms with Crippen LogP contribution in [0.1, 0.15) is 22.3 Å². The molecular weight excluding hydrogens is 92.1 g/mol. The van der Waals surface area contributed by atoms with Crippen LogP contribution >= 0.6 is 0 Å². The molecule has 4 heteroatoms. The van der Waals surface area contributed by atoms with E-state index >= 15 is 0 Å². The van der Waals surface area contributed by atoms with Gasteiger partial charge in [0, 0.05) is 0 Å². The molecule has 0 heterocycles. The monoisotopic (exact) mass is 116 g/mol. The molecular formula is C3H24N4. The van der Waals surface area contributed by atoms with Crippen molar-refractivity contribution in [1.82, 2.24) is 24.6 Å². The molecule has 0 radical (unpaired) electrons. The van der Waals surface area contributed by atoms with Gasteiger partial charge in [-0.15, -0.1) is 0 Å². The lowest BCUT2D eigenvalue weighted by Gasteiger charge is -0.345. The summed E-state index contributed by atoms with van der Waals surface area (Å²) >= 11 is 0. The van der Waals surface area contributed by atoms with Gasteiger partial charge in [-0.1, -0.05) is 22.3 Å². The third-order valence-electron chi connectivity index (χ3n) is 0. The molecule has 0 atom stereocenters. The van der Waals surface area contributed by atoms with Gasteiger partial charge in [0.25, 0.3) is 0 Å². The lowest BCUT2D eigenvalue weighted by molar-refractivity contribution is 2.13. The number of rotatable bonds is 0. The Morgan fingerprint density at radius 1 is 0.286 bits per heavy atom. The molecule has 0 unspecified atom stereocenters. The summed E-state index contributed by atoms with van der Waals surface area (Å²) in [6, 6.07) is 0. The Kier molecular flexibility index (Phi) is 6960000. The fourth-order valence-electron chi connectivity index (χ4n) is 0. The minimum atomic E-state index is 0. The SMILES string of the molecule is C.C.C.N.N.N.N. The van der Waals surface area contributed by atoms with Crippen molar-refractivity contribution in [3.63, 3.8) is 0 Å². The topological polar surface area (TPSA) is 140 Å². The molecule has 0 amide bonds. The van der Waals surface area contributed by atoms with Crippen molar-refractivity contribution in [2.24, 2.45) is 0 Å². The van der Waals surface area contributed by atoms with E-state index in [0.29, 0.717) is 0 Å². The Morgan fingerprint density at radius 2 is 0.286 bits per heavy atom. The van der Waals surface area contributed by atoms with Crippen LogP contribution < -0.4 is 24.6 Å². The van der Waals surface area contributed by atoms with Gasteiger partial charge in [-0.25, -0.2) is 0 Å². The van der Waals surface area contributed by atoms with E-state index in [1.165, 1.54) is 0 Å². The summed E-state index contributed by atoms with van der Waals surface area (Å²) in [7, 11) is 0. The van der Waals surface area contributed by atoms with Gasteiger partial charge in [0.1, 0.15) is 0 Å². The zero-order chi connectivity index (χ0) is 0. The summed E-state index contributed by atoms with van der Waals surface area (Å²) in [6.07, 6.45) is 0. The molecule has 0 saturated heterocycles. The van der Waals surface area contributed by atoms with Gasteiger partial charge in [0.05, 0.1) is 0 Å². The fraction of sp³-hybridized carbons (Fsp3) is 1.00. The molecule has 0 aromatic heterocycles. The molecule has 0 aliphatic rings. The van der Waals surface area contributed by atoms with Crippen molar-refractivity contribution >= 4 is 0 Å². The van der Waals surface area contributed by atoms with Gasteiger partial charge in [0.2, 0.25) is 0 Å². The summed E-state index contributed by atoms with van der Waals surface area (Å²) in [5.74, 6) is 0. The van der Waals surface area contributed by atoms with Crippen LogP contribution in [0.4, 0.5) is 0 Å². The summed E-state index contributed by atoms with van der Waals surface area (Å²) in [6.45, 7) is 0. The predicted octanol–water partition coefficient (Wildman–Crippen LogP) is 2.56. The van der Waals surface area contributed by atoms with E-state index in [9.17, 15) is 0 Å². The van der Waals surface area contributed by atoms with Crippen LogP contribution in [0.5, 0.6) is 0 Å². The quantitative estimate of drug-likeness (QED) is 0.386. The highest BCUT2D eigenvalue weighted by Crippen LogP contribution is 0.146. The van der Waals surface area contributed by atoms with Crippen LogP contribution in [-0.2, 0) is 0 Å². The van der Waals surface area contributed by atoms with E-state index in [2.05, 4.69) is 0 Å². The molecule has 0 spiro atoms. The Balaban J connectivity index is 0. The van der Waals surface area contributed by atoms with Crippen molar-refractivity contribution in [2.45, 2.75) is 22.3 Å². The highest BCUT2D eigenvalue weighted by molar-refractivity contribution is 2.51. The largest absolute Gasteiger partial charge is 0.344 e. The average Bonchev–Trinajstić information content (AvgIpc) is 0. The number of hydrogen-bond acceptors (Lipinski definition) is 4. The summed E-state index contributed by atoms with van der Waals surface area (Å²) in [5, 5.41) is 0. The molecule has 4 nitrogen and oxygen atoms in total. The second kappa shape index (κ2) is 5340. The highest BCUT2D eigenvalue weighted by Gasteiger charge is -0.0755. The van der Waals surface area contributed by atoms with E-state index < -0.39 is 0 Å². The van der Waals surface area contributed by atoms with E-state index in [1.54, 1.807) is 0 Å². The van der Waals surface area contributed by atoms with Crippen LogP contribution in [0, 0.1) is 0 Å². The molecule has 0 bridgehead atoms. The molecule has 0 saturated carbocycles. The Morgan fingerprint density at radius 3 is 0.286 bits per heavy atom. The van der Waals surface area contributed by atoms with Gasteiger partial charge < -0.3 is 24.6 Å². The van der Waals surface area contributed by atoms with Gasteiger partial charge >= 0.3 is 0 Å². The fourth-order valence-corrected chi connectivity index (χ4v) is 0. The minimum absolute atomic E-state index is 0. The zero-order valence-corrected chi connectivity index (χ0v) is 2.83. The molecule has 0 aromatic carbocycles. The number of hydrogen-bond donors (Lipinski definition) is 4. The predicted molar refractivity (Wildman–Crippen MR) is 40.3 cm³/mol. The first-order valence-electron chi connectivity index (χ1n) is 0. The zero-order valence-electron chi connectivity index (χ0n) is 2.83. The first-order valence-corrected chi connectivity index (χ1v) is 0. The second-order valence-electron chi connectivity index (χ2n) is 0. The summed E-state index contributed by atoms with van der Waals surface area (Å²) in [5.41, 5.74) is 0. The van der Waals surface area contributed by atoms with Crippen molar-refractivity contribution in [3.8, 4) is 0 Å². The Hall–Kier alpha value is -0.160. The van der Waals surface area contributed by atoms with Gasteiger partial charge in [0.15, 0.2) is 0 Å². The first-order chi connectivity index (χ1) is 0. The highest BCUT2D eigenvalue weighted by atomic mass is 14.0. The Labute approximate surface area is 48.0 Å². The molecule has 7 heavy (non-hydrogen) atoms. The van der Waals surface area contributed by atoms with E-state index in [1.807, 2.05) is 0 Å². The molecule has 0 fully saturated rings. The minimum Gasteiger partial charge on any atom is -0.344 e. The summed E-state index contributed by atoms with van der Waals surface area (Å²) in [4.78, 5) is 0. The lowest BCUT2D eigenvalue weighted by atomic mass is 12.0. The Bertz CT molecular complexity index is 6.90. The van der Waals surface area contributed by atoms with Crippen molar-refractivity contribution < 1.29 is 0 Å². The molecule has 56 valence electrons. The molecule has 0 aliphatic carbocycles. The van der Waals surface area contributed by atoms with Crippen molar-refractivity contribution in [1.29, 1.82) is 0 Å². The lowest BCUT2D eigenvalue weighted by Crippen LogP contribution is -0.482. The van der Waals surface area contributed by atoms with Gasteiger partial charge in [-0.3, -0.25) is 0 Å². The van der Waals surface area contributed by atoms with Gasteiger partial charge in [-0.05, 0) is 0 Å². The second-order valence-corrected chi connectivity index (χ2v) is 0. The molecule has 0 aromatic rings. The normalized spacial score (nSPS) is 0. The average molecular weight is 116 g/mol. The maximum absolute atomic E-state index is 0. The third-order valence-corrected chi connectivity index (χ3v) is 0. The molecule has 0 rings (SSSR count). The van der Waals surface area contributed by atoms with Crippen molar-refractivity contribution in [2.75, 3.05) is 0 Å². The van der Waals surface area contributed by atoms with Crippen LogP contribution in [0.25, 0.3) is 0 Å². The third kappa shape index (κ3) is 3360. The van der Waals surface area contributed by atoms with Crippen molar-refractivity contribution in [3.05, 3.63) is 0 Å². The first kappa shape index (κ1) is 9110. The van der Waals surface area contributed by atoms with E-state index in [4.69, 9.17) is 0 Å². The van der Waals surface area contributed by atoms with Crippen LogP contribution in [0.2, 0.25) is 0 Å². The van der Waals surface area contributed by atoms with E-state index in [-0.39, 0.29) is 46.9 Å². The maximum Gasteiger partial charge on any atom is -0.0776 e. The van der Waals surface area contributed by atoms with E-state index in [0.717, 1.165) is 0 Å². The van der Waals surface area contributed by atoms with Crippen LogP contribution in [0.3, 0.4) is 0 Å². The van der Waals surface area contributed by atoms with Crippen LogP contribution in [-0.4, -0.2) is 0 Å². The smallest absolute Gasteiger partial charge is 0.0776 e. The molecule has 0 aliphatic heterocycles.